The first-order valence-electron chi connectivity index (χ1n) is 14.9. The van der Waals surface area contributed by atoms with E-state index < -0.39 is 17.1 Å². The number of aryl methyl sites for hydroxylation is 1. The molecule has 0 spiro atoms. The van der Waals surface area contributed by atoms with E-state index in [1.54, 1.807) is 17.0 Å². The monoisotopic (exact) mass is 595 g/mol. The maximum Gasteiger partial charge on any atom is 0.419 e. The van der Waals surface area contributed by atoms with Crippen molar-refractivity contribution in [2.45, 2.75) is 59.5 Å². The Morgan fingerprint density at radius 1 is 1.14 bits per heavy atom. The number of aromatic hydroxyl groups is 1. The van der Waals surface area contributed by atoms with Crippen LogP contribution in [0, 0.1) is 12.8 Å². The Labute approximate surface area is 256 Å². The van der Waals surface area contributed by atoms with Gasteiger partial charge in [-0.25, -0.2) is 4.79 Å². The second-order valence-electron chi connectivity index (χ2n) is 12.4. The molecule has 3 aromatic carbocycles. The van der Waals surface area contributed by atoms with Crippen molar-refractivity contribution in [1.82, 2.24) is 0 Å². The first-order chi connectivity index (χ1) is 21.0. The van der Waals surface area contributed by atoms with Gasteiger partial charge >= 0.3 is 6.09 Å². The molecule has 8 heteroatoms. The Kier molecular flexibility index (Phi) is 7.40. The van der Waals surface area contributed by atoms with Crippen LogP contribution in [0.5, 0.6) is 23.0 Å². The first kappa shape index (κ1) is 29.4. The van der Waals surface area contributed by atoms with Crippen molar-refractivity contribution in [1.29, 1.82) is 0 Å². The average Bonchev–Trinajstić information content (AvgIpc) is 3.78. The first-order valence-corrected chi connectivity index (χ1v) is 14.9. The fraction of sp³-hybridized carbons (Fsp3) is 0.333. The van der Waals surface area contributed by atoms with Crippen LogP contribution in [0.1, 0.15) is 57.2 Å². The summed E-state index contributed by atoms with van der Waals surface area (Å²) < 4.78 is 24.3. The molecule has 2 aliphatic rings. The lowest BCUT2D eigenvalue weighted by Crippen LogP contribution is -2.36. The molecule has 1 aliphatic carbocycles. The molecule has 0 unspecified atom stereocenters. The van der Waals surface area contributed by atoms with Gasteiger partial charge in [-0.3, -0.25) is 9.69 Å². The van der Waals surface area contributed by atoms with Crippen LogP contribution in [0.2, 0.25) is 0 Å². The van der Waals surface area contributed by atoms with Gasteiger partial charge in [0.05, 0.1) is 18.1 Å². The number of phenolic OH excluding ortho intramolecular Hbond substituents is 1. The van der Waals surface area contributed by atoms with E-state index in [0.717, 1.165) is 29.7 Å². The number of ether oxygens (including phenoxy) is 3. The molecule has 0 radical (unpaired) electrons. The number of phenols is 1. The summed E-state index contributed by atoms with van der Waals surface area (Å²) in [4.78, 5) is 29.7. The summed E-state index contributed by atoms with van der Waals surface area (Å²) in [6.07, 6.45) is 7.44. The number of carbonyl (C=O) groups excluding carboxylic acids is 1. The highest BCUT2D eigenvalue weighted by molar-refractivity contribution is 6.00. The second kappa shape index (κ2) is 11.1. The van der Waals surface area contributed by atoms with E-state index in [2.05, 4.69) is 0 Å². The van der Waals surface area contributed by atoms with Crippen LogP contribution in [-0.2, 0) is 6.42 Å². The fourth-order valence-electron chi connectivity index (χ4n) is 5.67. The molecule has 1 N–H and O–H groups in total. The molecule has 44 heavy (non-hydrogen) atoms. The van der Waals surface area contributed by atoms with Crippen molar-refractivity contribution in [3.63, 3.8) is 0 Å². The number of hydrogen-bond donors (Lipinski definition) is 1. The Morgan fingerprint density at radius 2 is 1.86 bits per heavy atom. The van der Waals surface area contributed by atoms with Gasteiger partial charge in [-0.05, 0) is 83.6 Å². The molecule has 1 fully saturated rings. The molecule has 1 amide bonds. The van der Waals surface area contributed by atoms with Gasteiger partial charge in [0, 0.05) is 29.9 Å². The molecule has 8 nitrogen and oxygen atoms in total. The van der Waals surface area contributed by atoms with Gasteiger partial charge in [0.15, 0.2) is 11.5 Å². The molecule has 0 bridgehead atoms. The summed E-state index contributed by atoms with van der Waals surface area (Å²) in [6, 6.07) is 10.9. The molecule has 6 rings (SSSR count). The lowest BCUT2D eigenvalue weighted by atomic mass is 9.97. The van der Waals surface area contributed by atoms with Gasteiger partial charge in [0.25, 0.3) is 0 Å². The van der Waals surface area contributed by atoms with Gasteiger partial charge in [-0.15, -0.1) is 0 Å². The maximum atomic E-state index is 14.2. The predicted octanol–water partition coefficient (Wildman–Crippen LogP) is 8.08. The molecular formula is C36H37NO7. The Hall–Kier alpha value is -4.72. The van der Waals surface area contributed by atoms with Gasteiger partial charge < -0.3 is 23.7 Å². The largest absolute Gasteiger partial charge is 0.506 e. The van der Waals surface area contributed by atoms with Gasteiger partial charge in [0.1, 0.15) is 33.7 Å². The quantitative estimate of drug-likeness (QED) is 0.170. The van der Waals surface area contributed by atoms with Crippen molar-refractivity contribution >= 4 is 39.8 Å². The Morgan fingerprint density at radius 3 is 2.55 bits per heavy atom. The molecule has 228 valence electrons. The standard InChI is InChI=1S/C36H37NO7/c1-20(2)11-14-24-30-27(42-28-17-26-23(15-16-36(4,5)44-26)32(38)31(28)33(30)39)18-29(34(24)41-6)43-35(40)37(19-22-12-13-22)25-10-8-7-9-21(25)3/h7-11,15-18,22,38H,12-14,19H2,1-6H3. The van der Waals surface area contributed by atoms with Crippen LogP contribution in [0.25, 0.3) is 28.0 Å². The SMILES string of the molecule is COc1c(OC(=O)N(CC2CC2)c2ccccc2C)cc2oc3cc4c(c(O)c3c(=O)c2c1CC=C(C)C)C=CC(C)(C)O4. The number of amides is 1. The maximum absolute atomic E-state index is 14.2. The molecule has 4 aromatic rings. The number of methoxy groups -OCH3 is 1. The lowest BCUT2D eigenvalue weighted by Gasteiger charge is -2.28. The van der Waals surface area contributed by atoms with E-state index in [1.807, 2.05) is 71.0 Å². The topological polar surface area (TPSA) is 98.4 Å². The number of para-hydroxylation sites is 1. The number of rotatable bonds is 7. The summed E-state index contributed by atoms with van der Waals surface area (Å²) in [5.41, 5.74) is 3.05. The van der Waals surface area contributed by atoms with Gasteiger partial charge in [0.2, 0.25) is 5.43 Å². The summed E-state index contributed by atoms with van der Waals surface area (Å²) >= 11 is 0. The zero-order valence-electron chi connectivity index (χ0n) is 25.9. The summed E-state index contributed by atoms with van der Waals surface area (Å²) in [5, 5.41) is 11.6. The lowest BCUT2D eigenvalue weighted by molar-refractivity contribution is 0.158. The third kappa shape index (κ3) is 5.41. The summed E-state index contributed by atoms with van der Waals surface area (Å²) in [6.45, 7) is 10.2. The highest BCUT2D eigenvalue weighted by Gasteiger charge is 2.32. The second-order valence-corrected chi connectivity index (χ2v) is 12.4. The van der Waals surface area contributed by atoms with E-state index in [-0.39, 0.29) is 39.2 Å². The fourth-order valence-corrected chi connectivity index (χ4v) is 5.67. The minimum atomic E-state index is -0.597. The third-order valence-corrected chi connectivity index (χ3v) is 8.15. The van der Waals surface area contributed by atoms with Gasteiger partial charge in [-0.1, -0.05) is 29.8 Å². The number of hydrogen-bond acceptors (Lipinski definition) is 7. The number of anilines is 1. The smallest absolute Gasteiger partial charge is 0.419 e. The number of carbonyl (C=O) groups is 1. The predicted molar refractivity (Wildman–Crippen MR) is 172 cm³/mol. The minimum absolute atomic E-state index is 0.0459. The minimum Gasteiger partial charge on any atom is -0.506 e. The van der Waals surface area contributed by atoms with Crippen LogP contribution < -0.4 is 24.5 Å². The Balaban J connectivity index is 1.54. The van der Waals surface area contributed by atoms with Crippen molar-refractivity contribution in [3.05, 3.63) is 81.0 Å². The summed E-state index contributed by atoms with van der Waals surface area (Å²) in [7, 11) is 1.48. The number of nitrogens with zero attached hydrogens (tertiary/aromatic N) is 1. The number of fused-ring (bicyclic) bond motifs is 3. The van der Waals surface area contributed by atoms with Crippen molar-refractivity contribution < 1.29 is 28.5 Å². The molecule has 0 atom stereocenters. The highest BCUT2D eigenvalue weighted by Crippen LogP contribution is 2.44. The van der Waals surface area contributed by atoms with Crippen molar-refractivity contribution in [2.24, 2.45) is 5.92 Å². The van der Waals surface area contributed by atoms with E-state index in [4.69, 9.17) is 18.6 Å². The van der Waals surface area contributed by atoms with Crippen LogP contribution >= 0.6 is 0 Å². The number of allylic oxidation sites excluding steroid dienone is 2. The van der Waals surface area contributed by atoms with E-state index >= 15 is 0 Å². The average molecular weight is 596 g/mol. The zero-order valence-corrected chi connectivity index (χ0v) is 25.9. The van der Waals surface area contributed by atoms with E-state index in [1.165, 1.54) is 13.2 Å². The number of benzene rings is 3. The van der Waals surface area contributed by atoms with Crippen LogP contribution in [0.15, 0.2) is 63.3 Å². The molecule has 2 heterocycles. The van der Waals surface area contributed by atoms with E-state index in [9.17, 15) is 14.7 Å². The van der Waals surface area contributed by atoms with Crippen molar-refractivity contribution in [2.75, 3.05) is 18.6 Å². The van der Waals surface area contributed by atoms with Crippen LogP contribution in [0.3, 0.4) is 0 Å². The molecular weight excluding hydrogens is 558 g/mol. The molecule has 1 aromatic heterocycles. The zero-order chi connectivity index (χ0) is 31.3. The third-order valence-electron chi connectivity index (χ3n) is 8.15. The molecule has 1 saturated carbocycles. The van der Waals surface area contributed by atoms with Crippen molar-refractivity contribution in [3.8, 4) is 23.0 Å². The van der Waals surface area contributed by atoms with Crippen LogP contribution in [0.4, 0.5) is 10.5 Å². The normalized spacial score (nSPS) is 15.0. The molecule has 1 aliphatic heterocycles. The van der Waals surface area contributed by atoms with E-state index in [0.29, 0.717) is 35.8 Å². The van der Waals surface area contributed by atoms with Crippen LogP contribution in [-0.4, -0.2) is 30.5 Å². The van der Waals surface area contributed by atoms with Gasteiger partial charge in [-0.2, -0.15) is 0 Å². The summed E-state index contributed by atoms with van der Waals surface area (Å²) in [5.74, 6) is 1.01. The highest BCUT2D eigenvalue weighted by atomic mass is 16.6. The Bertz CT molecular complexity index is 1920. The molecule has 0 saturated heterocycles.